The van der Waals surface area contributed by atoms with E-state index in [0.29, 0.717) is 6.07 Å². The topological polar surface area (TPSA) is 72.3 Å². The summed E-state index contributed by atoms with van der Waals surface area (Å²) in [7, 11) is 0. The molecule has 0 atom stereocenters. The van der Waals surface area contributed by atoms with E-state index in [1.807, 2.05) is 0 Å². The van der Waals surface area contributed by atoms with Crippen LogP contribution in [0.5, 0.6) is 0 Å². The van der Waals surface area contributed by atoms with Crippen molar-refractivity contribution in [2.24, 2.45) is 0 Å². The SMILES string of the molecule is Nc1ccc(Cc2ccc(N)c(C(O)(C(F)(F)F)C(F)(F)F)c2)cc1CC(F)(F)F. The molecule has 0 aromatic heterocycles. The fraction of sp³-hybridized carbons (Fsp3) is 0.333. The highest BCUT2D eigenvalue weighted by Gasteiger charge is 2.72. The minimum Gasteiger partial charge on any atom is -0.399 e. The molecule has 3 nitrogen and oxygen atoms in total. The lowest BCUT2D eigenvalue weighted by molar-refractivity contribution is -0.376. The Bertz CT molecular complexity index is 903. The molecule has 0 saturated heterocycles. The average molecular weight is 446 g/mol. The molecule has 166 valence electrons. The lowest BCUT2D eigenvalue weighted by Gasteiger charge is -2.33. The van der Waals surface area contributed by atoms with E-state index in [-0.39, 0.29) is 28.8 Å². The van der Waals surface area contributed by atoms with Crippen molar-refractivity contribution in [1.82, 2.24) is 0 Å². The molecule has 0 radical (unpaired) electrons. The molecule has 0 aliphatic heterocycles. The van der Waals surface area contributed by atoms with Gasteiger partial charge in [0.05, 0.1) is 6.42 Å². The van der Waals surface area contributed by atoms with Crippen molar-refractivity contribution in [3.63, 3.8) is 0 Å². The summed E-state index contributed by atoms with van der Waals surface area (Å²) in [4.78, 5) is 0. The number of nitrogens with two attached hydrogens (primary N) is 2. The molecule has 2 aromatic rings. The van der Waals surface area contributed by atoms with Gasteiger partial charge in [0.1, 0.15) is 0 Å². The van der Waals surface area contributed by atoms with Gasteiger partial charge in [0.2, 0.25) is 0 Å². The van der Waals surface area contributed by atoms with Gasteiger partial charge in [-0.3, -0.25) is 0 Å². The van der Waals surface area contributed by atoms with E-state index in [2.05, 4.69) is 0 Å². The highest BCUT2D eigenvalue weighted by molar-refractivity contribution is 5.54. The van der Waals surface area contributed by atoms with Crippen molar-refractivity contribution in [3.05, 3.63) is 58.7 Å². The van der Waals surface area contributed by atoms with Crippen molar-refractivity contribution in [2.45, 2.75) is 37.0 Å². The lowest BCUT2D eigenvalue weighted by atomic mass is 9.88. The van der Waals surface area contributed by atoms with E-state index < -0.39 is 41.8 Å². The molecule has 12 heteroatoms. The number of nitrogen functional groups attached to an aromatic ring is 2. The Labute approximate surface area is 164 Å². The summed E-state index contributed by atoms with van der Waals surface area (Å²) < 4.78 is 117. The third-order valence-electron chi connectivity index (χ3n) is 4.33. The van der Waals surface area contributed by atoms with Crippen molar-refractivity contribution in [1.29, 1.82) is 0 Å². The van der Waals surface area contributed by atoms with Crippen LogP contribution in [0.15, 0.2) is 36.4 Å². The van der Waals surface area contributed by atoms with Crippen molar-refractivity contribution in [2.75, 3.05) is 11.5 Å². The molecular formula is C18H15F9N2O. The van der Waals surface area contributed by atoms with Crippen LogP contribution in [0, 0.1) is 0 Å². The lowest BCUT2D eigenvalue weighted by Crippen LogP contribution is -2.54. The quantitative estimate of drug-likeness (QED) is 0.464. The number of aliphatic hydroxyl groups is 1. The van der Waals surface area contributed by atoms with Gasteiger partial charge in [0.25, 0.3) is 5.60 Å². The van der Waals surface area contributed by atoms with Gasteiger partial charge in [0, 0.05) is 16.9 Å². The van der Waals surface area contributed by atoms with E-state index in [1.165, 1.54) is 6.07 Å². The number of anilines is 2. The van der Waals surface area contributed by atoms with Crippen LogP contribution in [0.3, 0.4) is 0 Å². The number of halogens is 9. The highest BCUT2D eigenvalue weighted by Crippen LogP contribution is 2.51. The second kappa shape index (κ2) is 7.56. The predicted molar refractivity (Wildman–Crippen MR) is 90.3 cm³/mol. The molecule has 0 saturated carbocycles. The Hall–Kier alpha value is -2.63. The maximum absolute atomic E-state index is 13.1. The Morgan fingerprint density at radius 2 is 1.17 bits per heavy atom. The van der Waals surface area contributed by atoms with E-state index in [4.69, 9.17) is 11.5 Å². The second-order valence-electron chi connectivity index (χ2n) is 6.63. The molecule has 5 N–H and O–H groups in total. The van der Waals surface area contributed by atoms with Gasteiger partial charge < -0.3 is 16.6 Å². The molecule has 0 spiro atoms. The maximum Gasteiger partial charge on any atom is 0.430 e. The standard InChI is InChI=1S/C18H15F9N2O/c19-15(20,21)8-11-6-9(1-3-13(11)28)5-10-2-4-14(29)12(7-10)16(30,17(22,23)24)18(25,26)27/h1-4,6-7,30H,5,8,28-29H2. The Morgan fingerprint density at radius 3 is 1.63 bits per heavy atom. The monoisotopic (exact) mass is 446 g/mol. The molecule has 0 bridgehead atoms. The minimum atomic E-state index is -6.13. The average Bonchev–Trinajstić information content (AvgIpc) is 2.55. The van der Waals surface area contributed by atoms with Crippen LogP contribution in [-0.2, 0) is 18.4 Å². The van der Waals surface area contributed by atoms with Crippen LogP contribution >= 0.6 is 0 Å². The second-order valence-corrected chi connectivity index (χ2v) is 6.63. The number of rotatable bonds is 4. The molecule has 0 heterocycles. The summed E-state index contributed by atoms with van der Waals surface area (Å²) in [6.45, 7) is 0. The van der Waals surface area contributed by atoms with Crippen LogP contribution in [0.25, 0.3) is 0 Å². The zero-order chi connectivity index (χ0) is 23.1. The van der Waals surface area contributed by atoms with Gasteiger partial charge >= 0.3 is 18.5 Å². The molecule has 0 fully saturated rings. The normalized spacial score (nSPS) is 13.5. The molecule has 0 unspecified atom stereocenters. The first-order chi connectivity index (χ1) is 13.5. The number of alkyl halides is 9. The van der Waals surface area contributed by atoms with Crippen LogP contribution in [0.2, 0.25) is 0 Å². The molecule has 30 heavy (non-hydrogen) atoms. The van der Waals surface area contributed by atoms with Crippen molar-refractivity contribution >= 4 is 11.4 Å². The molecule has 0 aliphatic rings. The van der Waals surface area contributed by atoms with Crippen LogP contribution in [0.1, 0.15) is 22.3 Å². The fourth-order valence-corrected chi connectivity index (χ4v) is 2.87. The van der Waals surface area contributed by atoms with E-state index >= 15 is 0 Å². The summed E-state index contributed by atoms with van der Waals surface area (Å²) in [6.07, 6.45) is -18.5. The first-order valence-corrected chi connectivity index (χ1v) is 8.14. The predicted octanol–water partition coefficient (Wildman–Crippen LogP) is 4.86. The number of benzene rings is 2. The Kier molecular flexibility index (Phi) is 5.96. The summed E-state index contributed by atoms with van der Waals surface area (Å²) in [5, 5.41) is 9.56. The van der Waals surface area contributed by atoms with Gasteiger partial charge in [-0.1, -0.05) is 18.2 Å². The highest BCUT2D eigenvalue weighted by atomic mass is 19.4. The zero-order valence-electron chi connectivity index (χ0n) is 14.9. The van der Waals surface area contributed by atoms with Gasteiger partial charge in [-0.05, 0) is 41.3 Å². The van der Waals surface area contributed by atoms with Crippen LogP contribution < -0.4 is 11.5 Å². The molecule has 2 aromatic carbocycles. The summed E-state index contributed by atoms with van der Waals surface area (Å²) >= 11 is 0. The van der Waals surface area contributed by atoms with Crippen LogP contribution in [-0.4, -0.2) is 23.6 Å². The van der Waals surface area contributed by atoms with Gasteiger partial charge in [0.15, 0.2) is 0 Å². The molecule has 2 rings (SSSR count). The minimum absolute atomic E-state index is 0.145. The maximum atomic E-state index is 13.1. The molecule has 0 aliphatic carbocycles. The number of hydrogen-bond acceptors (Lipinski definition) is 3. The third-order valence-corrected chi connectivity index (χ3v) is 4.33. The van der Waals surface area contributed by atoms with Gasteiger partial charge in [-0.25, -0.2) is 0 Å². The Morgan fingerprint density at radius 1 is 0.700 bits per heavy atom. The largest absolute Gasteiger partial charge is 0.430 e. The van der Waals surface area contributed by atoms with E-state index in [0.717, 1.165) is 24.3 Å². The Balaban J connectivity index is 2.49. The third kappa shape index (κ3) is 4.74. The summed E-state index contributed by atoms with van der Waals surface area (Å²) in [6, 6.07) is 5.77. The summed E-state index contributed by atoms with van der Waals surface area (Å²) in [5.41, 5.74) is 2.52. The van der Waals surface area contributed by atoms with E-state index in [1.54, 1.807) is 0 Å². The first-order valence-electron chi connectivity index (χ1n) is 8.14. The smallest absolute Gasteiger partial charge is 0.399 e. The molecule has 0 amide bonds. The van der Waals surface area contributed by atoms with Crippen molar-refractivity contribution < 1.29 is 44.6 Å². The molecular weight excluding hydrogens is 431 g/mol. The van der Waals surface area contributed by atoms with Crippen LogP contribution in [0.4, 0.5) is 50.9 Å². The van der Waals surface area contributed by atoms with Gasteiger partial charge in [-0.15, -0.1) is 0 Å². The number of hydrogen-bond donors (Lipinski definition) is 3. The summed E-state index contributed by atoms with van der Waals surface area (Å²) in [5.74, 6) is 0. The van der Waals surface area contributed by atoms with E-state index in [9.17, 15) is 44.6 Å². The van der Waals surface area contributed by atoms with Gasteiger partial charge in [-0.2, -0.15) is 39.5 Å². The first kappa shape index (κ1) is 23.6. The fourth-order valence-electron chi connectivity index (χ4n) is 2.87. The van der Waals surface area contributed by atoms with Crippen molar-refractivity contribution in [3.8, 4) is 0 Å². The zero-order valence-corrected chi connectivity index (χ0v) is 14.9.